The minimum Gasteiger partial charge on any atom is -0.481 e. The summed E-state index contributed by atoms with van der Waals surface area (Å²) in [6.45, 7) is 0.925. The Hall–Kier alpha value is -1.45. The van der Waals surface area contributed by atoms with Crippen molar-refractivity contribution in [3.63, 3.8) is 0 Å². The van der Waals surface area contributed by atoms with Crippen LogP contribution in [0.3, 0.4) is 0 Å². The van der Waals surface area contributed by atoms with E-state index in [0.717, 1.165) is 0 Å². The zero-order chi connectivity index (χ0) is 9.84. The predicted octanol–water partition coefficient (Wildman–Crippen LogP) is 1.74. The van der Waals surface area contributed by atoms with Crippen LogP contribution >= 0.6 is 0 Å². The Kier molecular flexibility index (Phi) is 2.95. The Morgan fingerprint density at radius 1 is 1.77 bits per heavy atom. The van der Waals surface area contributed by atoms with Crippen molar-refractivity contribution >= 4 is 5.97 Å². The summed E-state index contributed by atoms with van der Waals surface area (Å²) < 4.78 is 12.2. The van der Waals surface area contributed by atoms with Gasteiger partial charge in [0, 0.05) is 6.20 Å². The number of hydrogen-bond donors (Lipinski definition) is 1. The van der Waals surface area contributed by atoms with Crippen molar-refractivity contribution in [2.24, 2.45) is 0 Å². The lowest BCUT2D eigenvalue weighted by Gasteiger charge is -2.05. The van der Waals surface area contributed by atoms with Crippen molar-refractivity contribution < 1.29 is 14.3 Å². The van der Waals surface area contributed by atoms with E-state index < -0.39 is 18.6 Å². The topological polar surface area (TPSA) is 50.2 Å². The molecule has 0 fully saturated rings. The third-order valence-corrected chi connectivity index (χ3v) is 1.81. The second kappa shape index (κ2) is 3.98. The molecule has 1 unspecified atom stereocenters. The molecule has 1 aromatic rings. The molecule has 0 radical (unpaired) electrons. The lowest BCUT2D eigenvalue weighted by Crippen LogP contribution is -2.09. The molecule has 0 aliphatic rings. The van der Waals surface area contributed by atoms with Gasteiger partial charge in [-0.05, 0) is 24.6 Å². The zero-order valence-corrected chi connectivity index (χ0v) is 7.20. The Morgan fingerprint density at radius 3 is 3.00 bits per heavy atom. The standard InChI is InChI=1S/C9H10FNO2/c1-6(9(12)13)8-4-7(5-10)2-3-11-8/h2-4,6H,5H2,1H3,(H,12,13). The second-order valence-corrected chi connectivity index (χ2v) is 2.78. The van der Waals surface area contributed by atoms with E-state index in [1.54, 1.807) is 0 Å². The average Bonchev–Trinajstić information content (AvgIpc) is 2.16. The first-order chi connectivity index (χ1) is 6.15. The van der Waals surface area contributed by atoms with E-state index in [1.807, 2.05) is 0 Å². The molecule has 0 amide bonds. The van der Waals surface area contributed by atoms with Crippen LogP contribution < -0.4 is 0 Å². The smallest absolute Gasteiger partial charge is 0.312 e. The first-order valence-electron chi connectivity index (χ1n) is 3.88. The van der Waals surface area contributed by atoms with E-state index in [0.29, 0.717) is 11.3 Å². The molecule has 0 aromatic carbocycles. The number of carbonyl (C=O) groups is 1. The largest absolute Gasteiger partial charge is 0.481 e. The summed E-state index contributed by atoms with van der Waals surface area (Å²) in [6, 6.07) is 3.00. The molecule has 70 valence electrons. The van der Waals surface area contributed by atoms with Crippen molar-refractivity contribution in [1.82, 2.24) is 4.98 Å². The van der Waals surface area contributed by atoms with Crippen LogP contribution in [-0.2, 0) is 11.5 Å². The third-order valence-electron chi connectivity index (χ3n) is 1.81. The van der Waals surface area contributed by atoms with Gasteiger partial charge in [0.15, 0.2) is 0 Å². The fraction of sp³-hybridized carbons (Fsp3) is 0.333. The fourth-order valence-corrected chi connectivity index (χ4v) is 0.941. The molecule has 13 heavy (non-hydrogen) atoms. The van der Waals surface area contributed by atoms with Gasteiger partial charge in [0.05, 0.1) is 11.6 Å². The molecule has 1 atom stereocenters. The van der Waals surface area contributed by atoms with Crippen LogP contribution in [0.4, 0.5) is 4.39 Å². The maximum Gasteiger partial charge on any atom is 0.312 e. The number of halogens is 1. The maximum atomic E-state index is 12.2. The van der Waals surface area contributed by atoms with Crippen molar-refractivity contribution in [3.8, 4) is 0 Å². The molecule has 0 aliphatic heterocycles. The molecular formula is C9H10FNO2. The van der Waals surface area contributed by atoms with Gasteiger partial charge in [-0.15, -0.1) is 0 Å². The van der Waals surface area contributed by atoms with Gasteiger partial charge >= 0.3 is 5.97 Å². The predicted molar refractivity (Wildman–Crippen MR) is 45.1 cm³/mol. The first-order valence-corrected chi connectivity index (χ1v) is 3.88. The molecule has 0 saturated heterocycles. The van der Waals surface area contributed by atoms with Gasteiger partial charge in [0.1, 0.15) is 6.67 Å². The molecule has 1 rings (SSSR count). The van der Waals surface area contributed by atoms with Crippen molar-refractivity contribution in [3.05, 3.63) is 29.6 Å². The highest BCUT2D eigenvalue weighted by molar-refractivity contribution is 5.74. The highest BCUT2D eigenvalue weighted by atomic mass is 19.1. The number of nitrogens with zero attached hydrogens (tertiary/aromatic N) is 1. The number of carboxylic acid groups (broad SMARTS) is 1. The molecule has 0 bridgehead atoms. The number of pyridine rings is 1. The Morgan fingerprint density at radius 2 is 2.46 bits per heavy atom. The third kappa shape index (κ3) is 2.24. The van der Waals surface area contributed by atoms with Crippen molar-refractivity contribution in [2.75, 3.05) is 0 Å². The van der Waals surface area contributed by atoms with Gasteiger partial charge < -0.3 is 5.11 Å². The maximum absolute atomic E-state index is 12.2. The molecule has 3 nitrogen and oxygen atoms in total. The van der Waals surface area contributed by atoms with Gasteiger partial charge in [-0.3, -0.25) is 9.78 Å². The Bertz CT molecular complexity index is 314. The molecule has 1 heterocycles. The van der Waals surface area contributed by atoms with Crippen LogP contribution in [0.5, 0.6) is 0 Å². The highest BCUT2D eigenvalue weighted by Crippen LogP contribution is 2.14. The Balaban J connectivity index is 2.94. The lowest BCUT2D eigenvalue weighted by atomic mass is 10.1. The van der Waals surface area contributed by atoms with Gasteiger partial charge in [-0.25, -0.2) is 4.39 Å². The van der Waals surface area contributed by atoms with E-state index in [-0.39, 0.29) is 0 Å². The number of rotatable bonds is 3. The number of hydrogen-bond acceptors (Lipinski definition) is 2. The second-order valence-electron chi connectivity index (χ2n) is 2.78. The molecule has 4 heteroatoms. The minimum absolute atomic E-state index is 0.391. The number of carboxylic acids is 1. The van der Waals surface area contributed by atoms with Gasteiger partial charge in [-0.1, -0.05) is 0 Å². The SMILES string of the molecule is CC(C(=O)O)c1cc(CF)ccn1. The lowest BCUT2D eigenvalue weighted by molar-refractivity contribution is -0.138. The van der Waals surface area contributed by atoms with Crippen LogP contribution in [0.25, 0.3) is 0 Å². The molecule has 0 saturated carbocycles. The van der Waals surface area contributed by atoms with Gasteiger partial charge in [0.25, 0.3) is 0 Å². The van der Waals surface area contributed by atoms with Gasteiger partial charge in [0.2, 0.25) is 0 Å². The van der Waals surface area contributed by atoms with E-state index >= 15 is 0 Å². The molecule has 1 aromatic heterocycles. The molecule has 1 N–H and O–H groups in total. The summed E-state index contributed by atoms with van der Waals surface area (Å²) >= 11 is 0. The summed E-state index contributed by atoms with van der Waals surface area (Å²) in [5.74, 6) is -1.64. The summed E-state index contributed by atoms with van der Waals surface area (Å²) in [6.07, 6.45) is 1.42. The number of aliphatic carboxylic acids is 1. The average molecular weight is 183 g/mol. The monoisotopic (exact) mass is 183 g/mol. The van der Waals surface area contributed by atoms with Crippen LogP contribution in [0.2, 0.25) is 0 Å². The van der Waals surface area contributed by atoms with E-state index in [9.17, 15) is 9.18 Å². The zero-order valence-electron chi connectivity index (χ0n) is 7.20. The summed E-state index contributed by atoms with van der Waals surface area (Å²) in [5.41, 5.74) is 0.848. The van der Waals surface area contributed by atoms with E-state index in [4.69, 9.17) is 5.11 Å². The normalized spacial score (nSPS) is 12.5. The quantitative estimate of drug-likeness (QED) is 0.776. The number of alkyl halides is 1. The summed E-state index contributed by atoms with van der Waals surface area (Å²) in [7, 11) is 0. The number of aromatic nitrogens is 1. The highest BCUT2D eigenvalue weighted by Gasteiger charge is 2.14. The minimum atomic E-state index is -0.955. The molecule has 0 spiro atoms. The van der Waals surface area contributed by atoms with E-state index in [1.165, 1.54) is 25.3 Å². The van der Waals surface area contributed by atoms with Crippen LogP contribution in [0.15, 0.2) is 18.3 Å². The molecular weight excluding hydrogens is 173 g/mol. The van der Waals surface area contributed by atoms with Gasteiger partial charge in [-0.2, -0.15) is 0 Å². The first kappa shape index (κ1) is 9.64. The molecule has 0 aliphatic carbocycles. The summed E-state index contributed by atoms with van der Waals surface area (Å²) in [4.78, 5) is 14.4. The fourth-order valence-electron chi connectivity index (χ4n) is 0.941. The van der Waals surface area contributed by atoms with Crippen molar-refractivity contribution in [1.29, 1.82) is 0 Å². The Labute approximate surface area is 75.2 Å². The van der Waals surface area contributed by atoms with E-state index in [2.05, 4.69) is 4.98 Å². The van der Waals surface area contributed by atoms with Crippen LogP contribution in [0, 0.1) is 0 Å². The van der Waals surface area contributed by atoms with Crippen LogP contribution in [0.1, 0.15) is 24.1 Å². The summed E-state index contributed by atoms with van der Waals surface area (Å²) in [5, 5.41) is 8.67. The van der Waals surface area contributed by atoms with Crippen molar-refractivity contribution in [2.45, 2.75) is 19.5 Å². The van der Waals surface area contributed by atoms with Crippen LogP contribution in [-0.4, -0.2) is 16.1 Å².